The summed E-state index contributed by atoms with van der Waals surface area (Å²) in [6, 6.07) is 11.9. The Morgan fingerprint density at radius 1 is 1.10 bits per heavy atom. The predicted molar refractivity (Wildman–Crippen MR) is 110 cm³/mol. The molecule has 2 rings (SSSR count). The van der Waals surface area contributed by atoms with Crippen molar-refractivity contribution in [3.63, 3.8) is 0 Å². The van der Waals surface area contributed by atoms with Gasteiger partial charge in [-0.25, -0.2) is 0 Å². The molecule has 0 fully saturated rings. The lowest BCUT2D eigenvalue weighted by molar-refractivity contribution is -0.121. The molecule has 0 aliphatic carbocycles. The van der Waals surface area contributed by atoms with Crippen LogP contribution in [0.15, 0.2) is 52.9 Å². The number of carbonyl (C=O) groups is 1. The van der Waals surface area contributed by atoms with Crippen LogP contribution in [0, 0.1) is 16.7 Å². The minimum Gasteiger partial charge on any atom is -0.493 e. The minimum atomic E-state index is -4.10. The SMILES string of the molecule is COc1cc(/C=C(\C#N)C(=O)C(C)(C)C)ccc1OS(=O)(=O)c1ccc(Cl)cc1. The van der Waals surface area contributed by atoms with Gasteiger partial charge in [-0.3, -0.25) is 4.79 Å². The number of benzene rings is 2. The van der Waals surface area contributed by atoms with E-state index in [1.165, 1.54) is 55.7 Å². The third kappa shape index (κ3) is 5.59. The van der Waals surface area contributed by atoms with E-state index < -0.39 is 15.5 Å². The number of nitriles is 1. The summed E-state index contributed by atoms with van der Waals surface area (Å²) in [5, 5.41) is 9.72. The zero-order valence-corrected chi connectivity index (χ0v) is 18.0. The maximum Gasteiger partial charge on any atom is 0.339 e. The second kappa shape index (κ2) is 8.68. The first kappa shape index (κ1) is 22.5. The molecule has 0 atom stereocenters. The van der Waals surface area contributed by atoms with E-state index in [-0.39, 0.29) is 27.8 Å². The van der Waals surface area contributed by atoms with E-state index in [0.717, 1.165) is 0 Å². The molecule has 8 heteroatoms. The number of ether oxygens (including phenoxy) is 1. The van der Waals surface area contributed by atoms with Crippen molar-refractivity contribution in [1.82, 2.24) is 0 Å². The summed E-state index contributed by atoms with van der Waals surface area (Å²) in [6.45, 7) is 5.17. The highest BCUT2D eigenvalue weighted by Crippen LogP contribution is 2.32. The summed E-state index contributed by atoms with van der Waals surface area (Å²) in [4.78, 5) is 12.3. The smallest absolute Gasteiger partial charge is 0.339 e. The average Bonchev–Trinajstić information content (AvgIpc) is 2.66. The predicted octanol–water partition coefficient (Wildman–Crippen LogP) is 4.64. The van der Waals surface area contributed by atoms with Gasteiger partial charge in [-0.1, -0.05) is 38.4 Å². The van der Waals surface area contributed by atoms with Crippen molar-refractivity contribution in [2.75, 3.05) is 7.11 Å². The van der Waals surface area contributed by atoms with Gasteiger partial charge in [0.15, 0.2) is 17.3 Å². The van der Waals surface area contributed by atoms with Crippen LogP contribution in [-0.2, 0) is 14.9 Å². The van der Waals surface area contributed by atoms with Gasteiger partial charge in [0, 0.05) is 10.4 Å². The summed E-state index contributed by atoms with van der Waals surface area (Å²) >= 11 is 5.78. The maximum atomic E-state index is 12.5. The fourth-order valence-corrected chi connectivity index (χ4v) is 3.40. The van der Waals surface area contributed by atoms with Crippen LogP contribution in [0.2, 0.25) is 5.02 Å². The second-order valence-electron chi connectivity index (χ2n) is 7.15. The maximum absolute atomic E-state index is 12.5. The Hall–Kier alpha value is -2.82. The Kier molecular flexibility index (Phi) is 6.73. The zero-order chi connectivity index (χ0) is 21.8. The summed E-state index contributed by atoms with van der Waals surface area (Å²) < 4.78 is 35.3. The molecule has 2 aromatic carbocycles. The third-order valence-corrected chi connectivity index (χ3v) is 5.35. The van der Waals surface area contributed by atoms with Crippen LogP contribution in [0.1, 0.15) is 26.3 Å². The lowest BCUT2D eigenvalue weighted by atomic mass is 9.86. The molecule has 0 bridgehead atoms. The van der Waals surface area contributed by atoms with Crippen LogP contribution < -0.4 is 8.92 Å². The van der Waals surface area contributed by atoms with Crippen molar-refractivity contribution < 1.29 is 22.1 Å². The topological polar surface area (TPSA) is 93.5 Å². The van der Waals surface area contributed by atoms with Gasteiger partial charge in [0.1, 0.15) is 11.0 Å². The fourth-order valence-electron chi connectivity index (χ4n) is 2.33. The van der Waals surface area contributed by atoms with Gasteiger partial charge in [-0.05, 0) is 48.0 Å². The molecule has 0 radical (unpaired) electrons. The van der Waals surface area contributed by atoms with Crippen LogP contribution in [0.3, 0.4) is 0 Å². The van der Waals surface area contributed by atoms with E-state index in [2.05, 4.69) is 0 Å². The number of allylic oxidation sites excluding steroid dienone is 1. The highest BCUT2D eigenvalue weighted by molar-refractivity contribution is 7.87. The Balaban J connectivity index is 2.38. The molecule has 152 valence electrons. The number of hydrogen-bond donors (Lipinski definition) is 0. The van der Waals surface area contributed by atoms with Crippen molar-refractivity contribution in [3.8, 4) is 17.6 Å². The van der Waals surface area contributed by atoms with Crippen LogP contribution in [0.5, 0.6) is 11.5 Å². The van der Waals surface area contributed by atoms with Gasteiger partial charge in [0.05, 0.1) is 12.7 Å². The van der Waals surface area contributed by atoms with E-state index in [1.54, 1.807) is 20.8 Å². The number of nitrogens with zero attached hydrogens (tertiary/aromatic N) is 1. The van der Waals surface area contributed by atoms with Gasteiger partial charge in [-0.2, -0.15) is 13.7 Å². The molecule has 0 heterocycles. The third-order valence-electron chi connectivity index (χ3n) is 3.85. The largest absolute Gasteiger partial charge is 0.493 e. The Bertz CT molecular complexity index is 1090. The monoisotopic (exact) mass is 433 g/mol. The highest BCUT2D eigenvalue weighted by atomic mass is 35.5. The first-order valence-corrected chi connectivity index (χ1v) is 10.3. The van der Waals surface area contributed by atoms with E-state index in [9.17, 15) is 18.5 Å². The molecule has 6 nitrogen and oxygen atoms in total. The first-order chi connectivity index (χ1) is 13.5. The van der Waals surface area contributed by atoms with Gasteiger partial charge in [0.2, 0.25) is 0 Å². The summed E-state index contributed by atoms with van der Waals surface area (Å²) in [5.41, 5.74) is -0.226. The Morgan fingerprint density at radius 2 is 1.72 bits per heavy atom. The summed E-state index contributed by atoms with van der Waals surface area (Å²) in [5.74, 6) is -0.193. The van der Waals surface area contributed by atoms with E-state index in [0.29, 0.717) is 10.6 Å². The zero-order valence-electron chi connectivity index (χ0n) is 16.4. The van der Waals surface area contributed by atoms with Crippen molar-refractivity contribution in [2.24, 2.45) is 5.41 Å². The molecular weight excluding hydrogens is 414 g/mol. The molecule has 0 spiro atoms. The molecule has 0 saturated heterocycles. The molecule has 0 aromatic heterocycles. The molecule has 0 amide bonds. The number of methoxy groups -OCH3 is 1. The van der Waals surface area contributed by atoms with Crippen LogP contribution in [0.25, 0.3) is 6.08 Å². The van der Waals surface area contributed by atoms with Gasteiger partial charge in [-0.15, -0.1) is 0 Å². The number of carbonyl (C=O) groups excluding carboxylic acids is 1. The van der Waals surface area contributed by atoms with Crippen molar-refractivity contribution >= 4 is 33.6 Å². The summed E-state index contributed by atoms with van der Waals surface area (Å²) in [7, 11) is -2.74. The minimum absolute atomic E-state index is 0.0120. The quantitative estimate of drug-likeness (QED) is 0.374. The number of rotatable bonds is 6. The fraction of sp³-hybridized carbons (Fsp3) is 0.238. The summed E-state index contributed by atoms with van der Waals surface area (Å²) in [6.07, 6.45) is 1.42. The van der Waals surface area contributed by atoms with E-state index >= 15 is 0 Å². The number of halogens is 1. The second-order valence-corrected chi connectivity index (χ2v) is 9.13. The molecular formula is C21H20ClNO5S. The Morgan fingerprint density at radius 3 is 2.24 bits per heavy atom. The van der Waals surface area contributed by atoms with Crippen molar-refractivity contribution in [3.05, 3.63) is 58.6 Å². The normalized spacial score (nSPS) is 12.2. The van der Waals surface area contributed by atoms with E-state index in [1.807, 2.05) is 6.07 Å². The lowest BCUT2D eigenvalue weighted by Crippen LogP contribution is -2.21. The van der Waals surface area contributed by atoms with E-state index in [4.69, 9.17) is 20.5 Å². The molecule has 2 aromatic rings. The lowest BCUT2D eigenvalue weighted by Gasteiger charge is -2.15. The molecule has 29 heavy (non-hydrogen) atoms. The molecule has 0 aliphatic heterocycles. The van der Waals surface area contributed by atoms with Gasteiger partial charge < -0.3 is 8.92 Å². The molecule has 0 saturated carbocycles. The van der Waals surface area contributed by atoms with Crippen LogP contribution in [-0.4, -0.2) is 21.3 Å². The number of ketones is 1. The molecule has 0 aliphatic rings. The van der Waals surface area contributed by atoms with Crippen molar-refractivity contribution in [1.29, 1.82) is 5.26 Å². The van der Waals surface area contributed by atoms with Gasteiger partial charge >= 0.3 is 10.1 Å². The standard InChI is InChI=1S/C21H20ClNO5S/c1-21(2,3)20(24)15(13-23)11-14-5-10-18(19(12-14)27-4)28-29(25,26)17-8-6-16(22)7-9-17/h5-12H,1-4H3/b15-11+. The number of Topliss-reactive ketones (excluding diaryl/α,β-unsaturated/α-hetero) is 1. The average molecular weight is 434 g/mol. The van der Waals surface area contributed by atoms with Gasteiger partial charge in [0.25, 0.3) is 0 Å². The van der Waals surface area contributed by atoms with Crippen LogP contribution in [0.4, 0.5) is 0 Å². The highest BCUT2D eigenvalue weighted by Gasteiger charge is 2.25. The van der Waals surface area contributed by atoms with Crippen molar-refractivity contribution in [2.45, 2.75) is 25.7 Å². The first-order valence-electron chi connectivity index (χ1n) is 8.52. The Labute approximate surface area is 175 Å². The number of hydrogen-bond acceptors (Lipinski definition) is 6. The molecule has 0 unspecified atom stereocenters. The molecule has 0 N–H and O–H groups in total. The van der Waals surface area contributed by atoms with Crippen LogP contribution >= 0.6 is 11.6 Å².